The van der Waals surface area contributed by atoms with E-state index in [4.69, 9.17) is 9.47 Å². The van der Waals surface area contributed by atoms with Crippen molar-refractivity contribution in [3.05, 3.63) is 5.82 Å². The van der Waals surface area contributed by atoms with Gasteiger partial charge in [0.05, 0.1) is 25.6 Å². The third-order valence-electron chi connectivity index (χ3n) is 7.55. The van der Waals surface area contributed by atoms with Gasteiger partial charge >= 0.3 is 11.9 Å². The minimum atomic E-state index is -4.11. The van der Waals surface area contributed by atoms with E-state index in [-0.39, 0.29) is 69.9 Å². The molecule has 0 saturated heterocycles. The van der Waals surface area contributed by atoms with Crippen molar-refractivity contribution in [1.82, 2.24) is 41.3 Å². The molecule has 21 nitrogen and oxygen atoms in total. The Kier molecular flexibility index (Phi) is 20.4. The molecule has 54 heavy (non-hydrogen) atoms. The number of hydrogen-bond acceptors (Lipinski definition) is 14. The summed E-state index contributed by atoms with van der Waals surface area (Å²) in [4.78, 5) is 83.7. The van der Waals surface area contributed by atoms with Gasteiger partial charge in [-0.3, -0.25) is 28.7 Å². The van der Waals surface area contributed by atoms with Crippen LogP contribution >= 0.6 is 0 Å². The van der Waals surface area contributed by atoms with E-state index < -0.39 is 88.1 Å². The zero-order valence-corrected chi connectivity index (χ0v) is 32.2. The lowest BCUT2D eigenvalue weighted by Crippen LogP contribution is -2.44. The molecular formula is C32H54N8O13S. The second-order valence-electron chi connectivity index (χ2n) is 14.4. The van der Waals surface area contributed by atoms with Crippen LogP contribution in [0, 0.1) is 10.8 Å². The van der Waals surface area contributed by atoms with E-state index in [1.807, 2.05) is 32.4 Å². The van der Waals surface area contributed by atoms with E-state index in [1.165, 1.54) is 6.92 Å². The van der Waals surface area contributed by atoms with Gasteiger partial charge in [-0.1, -0.05) is 27.7 Å². The Morgan fingerprint density at radius 1 is 0.796 bits per heavy atom. The standard InChI is InChI=1S/C32H54N8O13S/c1-21(41)19-53-15-14-52-13-12-33-25(42)10-8-22(29(46)47)35-27(44)11-9-23(30(48)49)34-26(43)7-6-16-54(50,51)38-28(45)18-32(4,5)20-31(2,3)17-24-36-39-40-37-24/h22-23H,6-20H2,1-5H3,(H,33,42)(H,34,43)(H,35,44)(H,38,45)(H,46,47)(H,48,49)(H,36,37,39,40). The molecule has 0 radical (unpaired) electrons. The summed E-state index contributed by atoms with van der Waals surface area (Å²) in [6.07, 6.45) is -1.06. The molecule has 2 atom stereocenters. The quantitative estimate of drug-likeness (QED) is 0.0491. The highest BCUT2D eigenvalue weighted by Crippen LogP contribution is 2.37. The number of hydrogen-bond donors (Lipinski definition) is 7. The number of carbonyl (C=O) groups excluding carboxylic acids is 5. The first-order chi connectivity index (χ1) is 25.1. The molecule has 306 valence electrons. The number of carboxylic acid groups (broad SMARTS) is 2. The molecule has 4 amide bonds. The number of aromatic amines is 1. The number of carboxylic acids is 2. The van der Waals surface area contributed by atoms with Gasteiger partial charge in [0.15, 0.2) is 5.78 Å². The van der Waals surface area contributed by atoms with Crippen molar-refractivity contribution in [2.24, 2.45) is 10.8 Å². The van der Waals surface area contributed by atoms with Gasteiger partial charge in [0.25, 0.3) is 0 Å². The summed E-state index contributed by atoms with van der Waals surface area (Å²) in [6.45, 7) is 9.67. The number of rotatable bonds is 29. The molecule has 1 aromatic rings. The van der Waals surface area contributed by atoms with Crippen LogP contribution in [0.1, 0.15) is 91.8 Å². The predicted octanol–water partition coefficient (Wildman–Crippen LogP) is -0.761. The average molecular weight is 791 g/mol. The van der Waals surface area contributed by atoms with Gasteiger partial charge in [0.2, 0.25) is 33.7 Å². The van der Waals surface area contributed by atoms with Crippen molar-refractivity contribution < 1.29 is 61.7 Å². The molecule has 0 aliphatic carbocycles. The molecule has 7 N–H and O–H groups in total. The van der Waals surface area contributed by atoms with Crippen LogP contribution in [0.3, 0.4) is 0 Å². The number of aromatic nitrogens is 4. The number of aliphatic carboxylic acids is 2. The third kappa shape index (κ3) is 22.5. The molecule has 1 heterocycles. The van der Waals surface area contributed by atoms with Gasteiger partial charge in [0, 0.05) is 38.6 Å². The fourth-order valence-electron chi connectivity index (χ4n) is 5.63. The predicted molar refractivity (Wildman–Crippen MR) is 189 cm³/mol. The van der Waals surface area contributed by atoms with E-state index in [0.717, 1.165) is 0 Å². The van der Waals surface area contributed by atoms with Crippen LogP contribution in [0.5, 0.6) is 0 Å². The van der Waals surface area contributed by atoms with E-state index >= 15 is 0 Å². The Bertz CT molecular complexity index is 1520. The number of ether oxygens (including phenoxy) is 2. The van der Waals surface area contributed by atoms with E-state index in [1.54, 1.807) is 0 Å². The summed E-state index contributed by atoms with van der Waals surface area (Å²) in [7, 11) is -4.11. The topological polar surface area (TPSA) is 315 Å². The van der Waals surface area contributed by atoms with Gasteiger partial charge in [-0.05, 0) is 53.9 Å². The minimum absolute atomic E-state index is 0.0233. The summed E-state index contributed by atoms with van der Waals surface area (Å²) in [6, 6.07) is -2.98. The monoisotopic (exact) mass is 790 g/mol. The summed E-state index contributed by atoms with van der Waals surface area (Å²) >= 11 is 0. The maximum atomic E-state index is 12.6. The number of Topliss-reactive ketones (excluding diaryl/α,β-unsaturated/α-hetero) is 1. The second-order valence-corrected chi connectivity index (χ2v) is 16.2. The zero-order chi connectivity index (χ0) is 41.0. The molecule has 22 heteroatoms. The van der Waals surface area contributed by atoms with Crippen LogP contribution in [-0.4, -0.2) is 131 Å². The molecule has 1 rings (SSSR count). The smallest absolute Gasteiger partial charge is 0.326 e. The molecule has 0 aliphatic rings. The highest BCUT2D eigenvalue weighted by Gasteiger charge is 2.33. The Hall–Kier alpha value is -4.57. The Morgan fingerprint density at radius 3 is 1.93 bits per heavy atom. The first-order valence-electron chi connectivity index (χ1n) is 17.3. The van der Waals surface area contributed by atoms with Gasteiger partial charge in [-0.25, -0.2) is 23.1 Å². The lowest BCUT2D eigenvalue weighted by Gasteiger charge is -2.34. The molecular weight excluding hydrogens is 736 g/mol. The molecule has 0 aliphatic heterocycles. The normalized spacial score (nSPS) is 13.0. The molecule has 1 aromatic heterocycles. The fraction of sp³-hybridized carbons (Fsp3) is 0.750. The largest absolute Gasteiger partial charge is 0.480 e. The number of H-pyrrole nitrogens is 1. The molecule has 0 bridgehead atoms. The summed E-state index contributed by atoms with van der Waals surface area (Å²) in [5.74, 6) is -5.86. The highest BCUT2D eigenvalue weighted by atomic mass is 32.2. The number of nitrogens with one attached hydrogen (secondary N) is 5. The lowest BCUT2D eigenvalue weighted by molar-refractivity contribution is -0.143. The van der Waals surface area contributed by atoms with Crippen LogP contribution in [0.4, 0.5) is 0 Å². The van der Waals surface area contributed by atoms with E-state index in [9.17, 15) is 52.2 Å². The van der Waals surface area contributed by atoms with E-state index in [0.29, 0.717) is 18.7 Å². The number of nitrogens with zero attached hydrogens (tertiary/aromatic N) is 3. The minimum Gasteiger partial charge on any atom is -0.480 e. The van der Waals surface area contributed by atoms with Gasteiger partial charge in [-0.2, -0.15) is 0 Å². The Labute approximate surface area is 313 Å². The number of amides is 4. The van der Waals surface area contributed by atoms with Crippen molar-refractivity contribution in [2.75, 3.05) is 38.7 Å². The van der Waals surface area contributed by atoms with Crippen molar-refractivity contribution in [3.8, 4) is 0 Å². The first-order valence-corrected chi connectivity index (χ1v) is 19.0. The van der Waals surface area contributed by atoms with Crippen LogP contribution < -0.4 is 20.7 Å². The van der Waals surface area contributed by atoms with Crippen LogP contribution in [0.2, 0.25) is 0 Å². The number of carbonyl (C=O) groups is 7. The van der Waals surface area contributed by atoms with Crippen LogP contribution in [0.25, 0.3) is 0 Å². The van der Waals surface area contributed by atoms with Crippen molar-refractivity contribution in [2.45, 2.75) is 104 Å². The fourth-order valence-corrected chi connectivity index (χ4v) is 6.68. The maximum Gasteiger partial charge on any atom is 0.326 e. The van der Waals surface area contributed by atoms with Crippen molar-refractivity contribution in [1.29, 1.82) is 0 Å². The molecule has 0 spiro atoms. The molecule has 0 aromatic carbocycles. The number of sulfonamides is 1. The van der Waals surface area contributed by atoms with Gasteiger partial charge in [-0.15, -0.1) is 5.10 Å². The molecule has 2 unspecified atom stereocenters. The zero-order valence-electron chi connectivity index (χ0n) is 31.4. The lowest BCUT2D eigenvalue weighted by atomic mass is 9.71. The van der Waals surface area contributed by atoms with Gasteiger partial charge < -0.3 is 35.6 Å². The third-order valence-corrected chi connectivity index (χ3v) is 8.92. The maximum absolute atomic E-state index is 12.6. The van der Waals surface area contributed by atoms with Gasteiger partial charge in [0.1, 0.15) is 24.5 Å². The Morgan fingerprint density at radius 2 is 1.37 bits per heavy atom. The van der Waals surface area contributed by atoms with Crippen molar-refractivity contribution >= 4 is 51.4 Å². The second kappa shape index (κ2) is 23.3. The summed E-state index contributed by atoms with van der Waals surface area (Å²) in [5.41, 5.74) is -0.903. The summed E-state index contributed by atoms with van der Waals surface area (Å²) < 4.78 is 37.4. The molecule has 0 fully saturated rings. The van der Waals surface area contributed by atoms with Crippen molar-refractivity contribution in [3.63, 3.8) is 0 Å². The summed E-state index contributed by atoms with van der Waals surface area (Å²) in [5, 5.41) is 39.6. The van der Waals surface area contributed by atoms with Crippen LogP contribution in [-0.2, 0) is 59.5 Å². The first kappa shape index (κ1) is 47.5. The van der Waals surface area contributed by atoms with Crippen LogP contribution in [0.15, 0.2) is 0 Å². The SMILES string of the molecule is CC(=O)COCCOCCNC(=O)CCC(NC(=O)CCC(NC(=O)CCCS(=O)(=O)NC(=O)CC(C)(C)CC(C)(C)Cc1nnn[nH]1)C(=O)O)C(=O)O. The average Bonchev–Trinajstić information content (AvgIpc) is 3.52. The van der Waals surface area contributed by atoms with E-state index in [2.05, 4.69) is 36.6 Å². The number of ketones is 1. The highest BCUT2D eigenvalue weighted by molar-refractivity contribution is 7.90. The Balaban J connectivity index is 2.44. The number of tetrazole rings is 1. The molecule has 0 saturated carbocycles.